The number of methoxy groups -OCH3 is 2. The number of carbonyl (C=O) groups is 2. The van der Waals surface area contributed by atoms with Crippen molar-refractivity contribution in [3.63, 3.8) is 0 Å². The Bertz CT molecular complexity index is 2110. The Hall–Kier alpha value is -6.44. The van der Waals surface area contributed by atoms with Crippen molar-refractivity contribution in [3.05, 3.63) is 154 Å². The lowest BCUT2D eigenvalue weighted by Crippen LogP contribution is -2.25. The molecule has 0 saturated carbocycles. The Labute approximate surface area is 327 Å². The van der Waals surface area contributed by atoms with Crippen molar-refractivity contribution in [1.29, 1.82) is 0 Å². The minimum absolute atomic E-state index is 0.141. The molecule has 0 aliphatic heterocycles. The molecule has 4 aromatic carbocycles. The zero-order chi connectivity index (χ0) is 38.6. The van der Waals surface area contributed by atoms with E-state index in [0.717, 1.165) is 11.1 Å². The maximum Gasteiger partial charge on any atom is 0.253 e. The zero-order valence-electron chi connectivity index (χ0n) is 29.8. The lowest BCUT2D eigenvalue weighted by atomic mass is 10.1. The lowest BCUT2D eigenvalue weighted by Gasteiger charge is -2.17. The Morgan fingerprint density at radius 3 is 1.36 bits per heavy atom. The van der Waals surface area contributed by atoms with Crippen LogP contribution in [-0.2, 0) is 26.2 Å². The Morgan fingerprint density at radius 2 is 0.982 bits per heavy atom. The first-order chi connectivity index (χ1) is 26.8. The van der Waals surface area contributed by atoms with Crippen molar-refractivity contribution in [2.24, 2.45) is 0 Å². The lowest BCUT2D eigenvalue weighted by molar-refractivity contribution is 0.0942. The van der Waals surface area contributed by atoms with Gasteiger partial charge in [-0.2, -0.15) is 0 Å². The van der Waals surface area contributed by atoms with Crippen molar-refractivity contribution in [1.82, 2.24) is 30.6 Å². The third-order valence-electron chi connectivity index (χ3n) is 8.16. The fourth-order valence-electron chi connectivity index (χ4n) is 5.38. The smallest absolute Gasteiger partial charge is 0.253 e. The summed E-state index contributed by atoms with van der Waals surface area (Å²) in [5.41, 5.74) is 3.48. The van der Waals surface area contributed by atoms with E-state index < -0.39 is 0 Å². The Kier molecular flexibility index (Phi) is 12.9. The first-order valence-corrected chi connectivity index (χ1v) is 17.7. The van der Waals surface area contributed by atoms with Gasteiger partial charge in [0.2, 0.25) is 0 Å². The Morgan fingerprint density at radius 1 is 0.564 bits per heavy atom. The van der Waals surface area contributed by atoms with Gasteiger partial charge in [-0.25, -0.2) is 19.9 Å². The molecule has 6 rings (SSSR count). The van der Waals surface area contributed by atoms with Gasteiger partial charge in [-0.15, -0.1) is 0 Å². The third kappa shape index (κ3) is 10.4. The Balaban J connectivity index is 1.25. The van der Waals surface area contributed by atoms with Crippen molar-refractivity contribution in [3.8, 4) is 23.0 Å². The molecular formula is C40H36Cl2N8O5. The van der Waals surface area contributed by atoms with E-state index in [4.69, 9.17) is 37.4 Å². The molecule has 4 N–H and O–H groups in total. The largest absolute Gasteiger partial charge is 0.495 e. The van der Waals surface area contributed by atoms with E-state index in [1.807, 2.05) is 12.1 Å². The number of nitrogens with zero attached hydrogens (tertiary/aromatic N) is 4. The third-order valence-corrected chi connectivity index (χ3v) is 8.75. The van der Waals surface area contributed by atoms with Gasteiger partial charge in [0.1, 0.15) is 34.6 Å². The second kappa shape index (κ2) is 18.5. The molecular weight excluding hydrogens is 743 g/mol. The quantitative estimate of drug-likeness (QED) is 0.0772. The maximum atomic E-state index is 13.4. The van der Waals surface area contributed by atoms with Gasteiger partial charge >= 0.3 is 0 Å². The minimum Gasteiger partial charge on any atom is -0.495 e. The summed E-state index contributed by atoms with van der Waals surface area (Å²) >= 11 is 12.8. The van der Waals surface area contributed by atoms with Crippen molar-refractivity contribution in [2.45, 2.75) is 26.2 Å². The van der Waals surface area contributed by atoms with E-state index in [9.17, 15) is 9.59 Å². The van der Waals surface area contributed by atoms with Crippen LogP contribution in [0, 0.1) is 0 Å². The number of rotatable bonds is 16. The van der Waals surface area contributed by atoms with Crippen LogP contribution in [0.2, 0.25) is 10.0 Å². The first-order valence-electron chi connectivity index (χ1n) is 17.0. The second-order valence-electron chi connectivity index (χ2n) is 11.9. The molecule has 280 valence electrons. The van der Waals surface area contributed by atoms with E-state index in [1.165, 1.54) is 0 Å². The highest BCUT2D eigenvalue weighted by Gasteiger charge is 2.17. The number of halogens is 2. The average Bonchev–Trinajstić information content (AvgIpc) is 3.21. The van der Waals surface area contributed by atoms with Crippen LogP contribution in [0.4, 0.5) is 11.4 Å². The average molecular weight is 780 g/mol. The zero-order valence-corrected chi connectivity index (χ0v) is 31.3. The highest BCUT2D eigenvalue weighted by Crippen LogP contribution is 2.32. The molecule has 0 fully saturated rings. The molecule has 0 radical (unpaired) electrons. The van der Waals surface area contributed by atoms with Crippen LogP contribution in [0.1, 0.15) is 43.5 Å². The molecule has 13 nitrogen and oxygen atoms in total. The van der Waals surface area contributed by atoms with Crippen LogP contribution in [-0.4, -0.2) is 46.0 Å². The molecule has 0 saturated heterocycles. The van der Waals surface area contributed by atoms with Crippen LogP contribution in [0.15, 0.2) is 110 Å². The molecule has 6 aromatic rings. The standard InChI is InChI=1S/C40H36Cl2N8O5/c1-53-35-11-5-25(17-31(35)41)21-47-33-19-27(7-9-29(33)39(51)49-23-37-43-13-3-14-44-37)55-28-8-10-30(40(52)50-24-38-45-15-4-16-46-38)34(20-28)48-22-26-6-12-36(54-2)32(42)18-26/h3-20,47-48H,21-24H2,1-2H3,(H,49,51)(H,50,52). The number of hydrogen-bond donors (Lipinski definition) is 4. The van der Waals surface area contributed by atoms with Crippen molar-refractivity contribution >= 4 is 46.4 Å². The summed E-state index contributed by atoms with van der Waals surface area (Å²) in [6.45, 7) is 0.970. The molecule has 0 aliphatic rings. The molecule has 0 unspecified atom stereocenters. The molecule has 0 spiro atoms. The van der Waals surface area contributed by atoms with Gasteiger partial charge in [-0.3, -0.25) is 9.59 Å². The number of amides is 2. The fraction of sp³-hybridized carbons (Fsp3) is 0.150. The predicted octanol–water partition coefficient (Wildman–Crippen LogP) is 7.47. The van der Waals surface area contributed by atoms with Crippen LogP contribution in [0.3, 0.4) is 0 Å². The molecule has 2 amide bonds. The van der Waals surface area contributed by atoms with E-state index in [-0.39, 0.29) is 24.9 Å². The van der Waals surface area contributed by atoms with E-state index in [1.54, 1.807) is 112 Å². The van der Waals surface area contributed by atoms with Gasteiger partial charge in [0, 0.05) is 50.0 Å². The summed E-state index contributed by atoms with van der Waals surface area (Å²) in [5.74, 6) is 2.26. The molecule has 55 heavy (non-hydrogen) atoms. The van der Waals surface area contributed by atoms with Gasteiger partial charge < -0.3 is 35.5 Å². The van der Waals surface area contributed by atoms with Gasteiger partial charge in [0.25, 0.3) is 11.8 Å². The normalized spacial score (nSPS) is 10.6. The van der Waals surface area contributed by atoms with Crippen molar-refractivity contribution in [2.75, 3.05) is 24.9 Å². The number of nitrogens with one attached hydrogen (secondary N) is 4. The molecule has 2 aromatic heterocycles. The summed E-state index contributed by atoms with van der Waals surface area (Å²) < 4.78 is 16.9. The predicted molar refractivity (Wildman–Crippen MR) is 210 cm³/mol. The van der Waals surface area contributed by atoms with Crippen LogP contribution in [0.5, 0.6) is 23.0 Å². The monoisotopic (exact) mass is 778 g/mol. The number of ether oxygens (including phenoxy) is 3. The summed E-state index contributed by atoms with van der Waals surface area (Å²) in [6, 6.07) is 24.5. The van der Waals surface area contributed by atoms with Crippen LogP contribution < -0.4 is 35.5 Å². The van der Waals surface area contributed by atoms with Gasteiger partial charge in [-0.05, 0) is 71.8 Å². The fourth-order valence-corrected chi connectivity index (χ4v) is 5.94. The van der Waals surface area contributed by atoms with E-state index >= 15 is 0 Å². The second-order valence-corrected chi connectivity index (χ2v) is 12.7. The van der Waals surface area contributed by atoms with Gasteiger partial charge in [0.15, 0.2) is 0 Å². The van der Waals surface area contributed by atoms with Gasteiger partial charge in [0.05, 0.1) is 59.9 Å². The molecule has 2 heterocycles. The molecule has 0 atom stereocenters. The molecule has 0 aliphatic carbocycles. The number of benzene rings is 4. The maximum absolute atomic E-state index is 13.4. The topological polar surface area (TPSA) is 162 Å². The summed E-state index contributed by atoms with van der Waals surface area (Å²) in [4.78, 5) is 43.6. The minimum atomic E-state index is -0.337. The number of hydrogen-bond acceptors (Lipinski definition) is 11. The van der Waals surface area contributed by atoms with Crippen molar-refractivity contribution < 1.29 is 23.8 Å². The van der Waals surface area contributed by atoms with Gasteiger partial charge in [-0.1, -0.05) is 35.3 Å². The first kappa shape index (κ1) is 38.3. The SMILES string of the molecule is COc1ccc(CNc2cc(Oc3ccc(C(=O)NCc4ncccn4)c(NCc4ccc(OC)c(Cl)c4)c3)ccc2C(=O)NCc2ncccn2)cc1Cl. The van der Waals surface area contributed by atoms with E-state index in [2.05, 4.69) is 41.2 Å². The van der Waals surface area contributed by atoms with E-state index in [0.29, 0.717) is 80.3 Å². The summed E-state index contributed by atoms with van der Waals surface area (Å²) in [5, 5.41) is 13.4. The number of aromatic nitrogens is 4. The molecule has 0 bridgehead atoms. The summed E-state index contributed by atoms with van der Waals surface area (Å²) in [6.07, 6.45) is 6.45. The van der Waals surface area contributed by atoms with Crippen LogP contribution in [0.25, 0.3) is 0 Å². The summed E-state index contributed by atoms with van der Waals surface area (Å²) in [7, 11) is 3.10. The number of carbonyl (C=O) groups excluding carboxylic acids is 2. The highest BCUT2D eigenvalue weighted by atomic mass is 35.5. The highest BCUT2D eigenvalue weighted by molar-refractivity contribution is 6.32. The number of anilines is 2. The van der Waals surface area contributed by atoms with Crippen LogP contribution >= 0.6 is 23.2 Å². The molecule has 15 heteroatoms.